The lowest BCUT2D eigenvalue weighted by Gasteiger charge is -2.49. The molecule has 0 amide bonds. The van der Waals surface area contributed by atoms with Crippen molar-refractivity contribution in [3.63, 3.8) is 0 Å². The summed E-state index contributed by atoms with van der Waals surface area (Å²) in [7, 11) is 0. The van der Waals surface area contributed by atoms with Crippen molar-refractivity contribution in [3.8, 4) is 67.5 Å². The third-order valence-corrected chi connectivity index (χ3v) is 18.6. The van der Waals surface area contributed by atoms with Crippen LogP contribution in [0, 0.1) is 0 Å². The van der Waals surface area contributed by atoms with Gasteiger partial charge in [0, 0.05) is 45.5 Å². The highest BCUT2D eigenvalue weighted by atomic mass is 16.5. The molecule has 13 rings (SSSR count). The fourth-order valence-corrected chi connectivity index (χ4v) is 13.3. The predicted octanol–water partition coefficient (Wildman–Crippen LogP) is 22.1. The molecule has 2 heterocycles. The zero-order chi connectivity index (χ0) is 67.5. The van der Waals surface area contributed by atoms with Crippen molar-refractivity contribution < 1.29 is 19.7 Å². The molecule has 2 atom stereocenters. The molecule has 0 bridgehead atoms. The molecular formula is C89H86N6O4. The Morgan fingerprint density at radius 2 is 0.596 bits per heavy atom. The van der Waals surface area contributed by atoms with Crippen molar-refractivity contribution >= 4 is 23.3 Å². The number of aliphatic imine (C=N–C) groups is 4. The largest absolute Gasteiger partial charge is 0.507 e. The Hall–Kier alpha value is -11.1. The summed E-state index contributed by atoms with van der Waals surface area (Å²) in [6, 6.07) is 96.9. The molecule has 0 aliphatic carbocycles. The third-order valence-electron chi connectivity index (χ3n) is 18.6. The summed E-state index contributed by atoms with van der Waals surface area (Å²) in [6.45, 7) is 5.52. The lowest BCUT2D eigenvalue weighted by molar-refractivity contribution is 0.0889. The molecule has 2 N–H and O–H groups in total. The van der Waals surface area contributed by atoms with Crippen LogP contribution in [0.2, 0.25) is 0 Å². The normalized spacial score (nSPS) is 14.8. The van der Waals surface area contributed by atoms with Crippen molar-refractivity contribution in [1.82, 2.24) is 9.80 Å². The van der Waals surface area contributed by atoms with Crippen molar-refractivity contribution in [1.29, 1.82) is 0 Å². The van der Waals surface area contributed by atoms with Crippen LogP contribution < -0.4 is 9.47 Å². The lowest BCUT2D eigenvalue weighted by atomic mass is 9.97. The Balaban J connectivity index is 1.03. The van der Waals surface area contributed by atoms with Gasteiger partial charge >= 0.3 is 0 Å². The number of benzene rings is 11. The second-order valence-corrected chi connectivity index (χ2v) is 25.6. The monoisotopic (exact) mass is 1300 g/mol. The van der Waals surface area contributed by atoms with Gasteiger partial charge in [-0.15, -0.1) is 0 Å². The average molecular weight is 1300 g/mol. The van der Waals surface area contributed by atoms with Gasteiger partial charge in [-0.2, -0.15) is 0 Å². The molecule has 2 unspecified atom stereocenters. The molecule has 2 aliphatic rings. The molecule has 0 fully saturated rings. The SMILES string of the molecule is CCCCCCCCOc1ccc(C2N=C(c3ccc(-c4ccccc4)cc3)N=C(c3ccc(-c4ccccc4)cc3)N2C(c2ccccc2)N2C(c3ccc(-c4ccccc4)cc3)=NC(c3ccc(-c4ccccc4)cc3)=NC2c2ccc(OCCCCCCCC)cc2O)c(O)c1. The zero-order valence-corrected chi connectivity index (χ0v) is 56.7. The minimum atomic E-state index is -0.988. The van der Waals surface area contributed by atoms with Crippen molar-refractivity contribution in [2.45, 2.75) is 109 Å². The van der Waals surface area contributed by atoms with E-state index in [1.54, 1.807) is 12.1 Å². The summed E-state index contributed by atoms with van der Waals surface area (Å²) in [4.78, 5) is 27.6. The Morgan fingerprint density at radius 3 is 0.919 bits per heavy atom. The number of aromatic hydroxyl groups is 2. The van der Waals surface area contributed by atoms with E-state index in [1.807, 2.05) is 66.7 Å². The van der Waals surface area contributed by atoms with E-state index in [-0.39, 0.29) is 11.5 Å². The number of ether oxygens (including phenoxy) is 2. The van der Waals surface area contributed by atoms with Crippen LogP contribution in [0.15, 0.2) is 305 Å². The maximum atomic E-state index is 13.0. The van der Waals surface area contributed by atoms with E-state index in [2.05, 4.69) is 230 Å². The van der Waals surface area contributed by atoms with Crippen LogP contribution >= 0.6 is 0 Å². The van der Waals surface area contributed by atoms with E-state index in [1.165, 1.54) is 38.5 Å². The zero-order valence-electron chi connectivity index (χ0n) is 56.7. The number of rotatable bonds is 29. The molecule has 0 aromatic heterocycles. The molecule has 11 aromatic rings. The molecule has 10 nitrogen and oxygen atoms in total. The third kappa shape index (κ3) is 16.2. The first kappa shape index (κ1) is 66.5. The molecule has 2 aliphatic heterocycles. The Morgan fingerprint density at radius 1 is 0.313 bits per heavy atom. The standard InChI is InChI=1S/C89H86N6O4/c1-3-5-7-9-11-28-60-98-77-56-58-79(81(96)62-77)87-92-83(72-48-40-68(41-49-72)64-30-18-13-19-31-64)90-85(74-52-44-70(45-53-74)66-34-22-15-23-35-66)94(87)89(76-38-26-17-27-39-76)95-86(75-54-46-71(47-55-75)67-36-24-16-25-37-67)91-84(73-50-42-69(43-51-73)65-32-20-14-21-33-65)93-88(95)80-59-57-78(63-82(80)97)99-61-29-12-10-8-6-4-2/h13-27,30-59,62-63,87-89,96-97H,3-12,28-29,60-61H2,1-2H3. The molecule has 0 spiro atoms. The summed E-state index contributed by atoms with van der Waals surface area (Å²) in [6.07, 6.45) is 10.6. The highest BCUT2D eigenvalue weighted by Gasteiger charge is 2.45. The fraction of sp³-hybridized carbons (Fsp3) is 0.213. The number of hydrogen-bond acceptors (Lipinski definition) is 10. The highest BCUT2D eigenvalue weighted by molar-refractivity contribution is 6.15. The summed E-state index contributed by atoms with van der Waals surface area (Å²) < 4.78 is 12.9. The Bertz CT molecular complexity index is 4250. The summed E-state index contributed by atoms with van der Waals surface area (Å²) in [5.41, 5.74) is 13.6. The van der Waals surface area contributed by atoms with Crippen LogP contribution in [-0.2, 0) is 0 Å². The molecule has 0 saturated carbocycles. The van der Waals surface area contributed by atoms with Crippen LogP contribution in [0.25, 0.3) is 44.5 Å². The molecule has 496 valence electrons. The molecule has 0 saturated heterocycles. The van der Waals surface area contributed by atoms with Crippen LogP contribution in [0.4, 0.5) is 0 Å². The first-order valence-corrected chi connectivity index (χ1v) is 35.4. The number of amidine groups is 4. The number of nitrogens with zero attached hydrogens (tertiary/aromatic N) is 6. The number of phenolic OH excluding ortho intramolecular Hbond substituents is 2. The van der Waals surface area contributed by atoms with Gasteiger partial charge in [0.25, 0.3) is 0 Å². The summed E-state index contributed by atoms with van der Waals surface area (Å²) in [5.74, 6) is 3.23. The minimum Gasteiger partial charge on any atom is -0.507 e. The topological polar surface area (TPSA) is 115 Å². The van der Waals surface area contributed by atoms with Crippen LogP contribution in [0.3, 0.4) is 0 Å². The second-order valence-electron chi connectivity index (χ2n) is 25.6. The van der Waals surface area contributed by atoms with E-state index < -0.39 is 18.5 Å². The average Bonchev–Trinajstić information content (AvgIpc) is 0.730. The molecular weight excluding hydrogens is 1220 g/mol. The van der Waals surface area contributed by atoms with E-state index in [0.717, 1.165) is 111 Å². The summed E-state index contributed by atoms with van der Waals surface area (Å²) >= 11 is 0. The maximum absolute atomic E-state index is 13.0. The van der Waals surface area contributed by atoms with Crippen LogP contribution in [-0.4, -0.2) is 56.6 Å². The number of phenols is 2. The van der Waals surface area contributed by atoms with E-state index >= 15 is 0 Å². The van der Waals surface area contributed by atoms with Gasteiger partial charge in [-0.1, -0.05) is 327 Å². The van der Waals surface area contributed by atoms with E-state index in [4.69, 9.17) is 29.4 Å². The second kappa shape index (κ2) is 32.8. The first-order valence-electron chi connectivity index (χ1n) is 35.4. The lowest BCUT2D eigenvalue weighted by Crippen LogP contribution is -2.52. The minimum absolute atomic E-state index is 0.00879. The predicted molar refractivity (Wildman–Crippen MR) is 406 cm³/mol. The molecule has 99 heavy (non-hydrogen) atoms. The van der Waals surface area contributed by atoms with Crippen LogP contribution in [0.1, 0.15) is 148 Å². The maximum Gasteiger partial charge on any atom is 0.159 e. The quantitative estimate of drug-likeness (QED) is 0.0451. The van der Waals surface area contributed by atoms with Gasteiger partial charge in [0.05, 0.1) is 13.2 Å². The van der Waals surface area contributed by atoms with Gasteiger partial charge in [0.2, 0.25) is 0 Å². The van der Waals surface area contributed by atoms with Crippen molar-refractivity contribution in [3.05, 3.63) is 324 Å². The van der Waals surface area contributed by atoms with Gasteiger partial charge in [-0.25, -0.2) is 20.0 Å². The fourth-order valence-electron chi connectivity index (χ4n) is 13.3. The molecule has 0 radical (unpaired) electrons. The van der Waals surface area contributed by atoms with Crippen molar-refractivity contribution in [2.75, 3.05) is 13.2 Å². The van der Waals surface area contributed by atoms with Crippen LogP contribution in [0.5, 0.6) is 23.0 Å². The van der Waals surface area contributed by atoms with E-state index in [0.29, 0.717) is 59.2 Å². The number of hydrogen-bond donors (Lipinski definition) is 2. The Kier molecular flexibility index (Phi) is 22.0. The van der Waals surface area contributed by atoms with Gasteiger partial charge in [-0.05, 0) is 87.2 Å². The highest BCUT2D eigenvalue weighted by Crippen LogP contribution is 2.48. The van der Waals surface area contributed by atoms with Gasteiger partial charge < -0.3 is 29.5 Å². The molecule has 10 heteroatoms. The number of unbranched alkanes of at least 4 members (excludes halogenated alkanes) is 10. The van der Waals surface area contributed by atoms with Gasteiger partial charge in [0.15, 0.2) is 24.0 Å². The first-order chi connectivity index (χ1) is 48.9. The summed E-state index contributed by atoms with van der Waals surface area (Å²) in [5, 5.41) is 25.9. The molecule has 11 aromatic carbocycles. The van der Waals surface area contributed by atoms with Crippen molar-refractivity contribution in [2.24, 2.45) is 20.0 Å². The Labute approximate surface area is 583 Å². The van der Waals surface area contributed by atoms with E-state index in [9.17, 15) is 10.2 Å². The van der Waals surface area contributed by atoms with Gasteiger partial charge in [0.1, 0.15) is 40.8 Å². The smallest absolute Gasteiger partial charge is 0.159 e. The van der Waals surface area contributed by atoms with Gasteiger partial charge in [-0.3, -0.25) is 0 Å².